The summed E-state index contributed by atoms with van der Waals surface area (Å²) in [4.78, 5) is 29.3. The number of hydrogen-bond acceptors (Lipinski definition) is 5. The highest BCUT2D eigenvalue weighted by molar-refractivity contribution is 6.00. The van der Waals surface area contributed by atoms with E-state index in [-0.39, 0.29) is 17.8 Å². The zero-order valence-corrected chi connectivity index (χ0v) is 22.2. The number of rotatable bonds is 8. The van der Waals surface area contributed by atoms with Crippen LogP contribution in [0.3, 0.4) is 0 Å². The van der Waals surface area contributed by atoms with Crippen molar-refractivity contribution in [3.05, 3.63) is 64.9 Å². The number of nitrogens with two attached hydrogens (primary N) is 1. The molecule has 0 aliphatic rings. The molecule has 0 radical (unpaired) electrons. The molecule has 1 unspecified atom stereocenters. The van der Waals surface area contributed by atoms with Crippen molar-refractivity contribution in [2.75, 3.05) is 11.1 Å². The number of aliphatic hydroxyl groups excluding tert-OH is 1. The van der Waals surface area contributed by atoms with Gasteiger partial charge in [-0.15, -0.1) is 0 Å². The van der Waals surface area contributed by atoms with Gasteiger partial charge in [-0.3, -0.25) is 9.59 Å². The number of allylic oxidation sites excluding steroid dienone is 2. The summed E-state index contributed by atoms with van der Waals surface area (Å²) in [6.45, 7) is 15.3. The van der Waals surface area contributed by atoms with Crippen LogP contribution in [-0.2, 0) is 11.2 Å². The molecule has 0 aliphatic carbocycles. The maximum absolute atomic E-state index is 12.6. The van der Waals surface area contributed by atoms with Crippen molar-refractivity contribution in [2.24, 2.45) is 0 Å². The maximum atomic E-state index is 12.6. The van der Waals surface area contributed by atoms with Crippen LogP contribution in [-0.4, -0.2) is 34.1 Å². The molecule has 0 saturated carbocycles. The highest BCUT2D eigenvalue weighted by Crippen LogP contribution is 2.29. The van der Waals surface area contributed by atoms with E-state index < -0.39 is 12.0 Å². The molecule has 1 heterocycles. The Hall–Kier alpha value is -3.45. The number of pyridine rings is 1. The van der Waals surface area contributed by atoms with Crippen LogP contribution in [0.2, 0.25) is 0 Å². The number of nitrogens with one attached hydrogen (secondary N) is 2. The Bertz CT molecular complexity index is 1080. The molecule has 35 heavy (non-hydrogen) atoms. The third-order valence-corrected chi connectivity index (χ3v) is 5.11. The lowest BCUT2D eigenvalue weighted by molar-refractivity contribution is -0.122. The van der Waals surface area contributed by atoms with E-state index >= 15 is 0 Å². The number of nitrogens with zero attached hydrogens (tertiary/aromatic N) is 1. The van der Waals surface area contributed by atoms with Gasteiger partial charge in [0.25, 0.3) is 11.8 Å². The molecule has 7 nitrogen and oxygen atoms in total. The smallest absolute Gasteiger partial charge is 0.257 e. The predicted octanol–water partition coefficient (Wildman–Crippen LogP) is 5.27. The van der Waals surface area contributed by atoms with Gasteiger partial charge in [0, 0.05) is 23.5 Å². The van der Waals surface area contributed by atoms with E-state index in [4.69, 9.17) is 5.73 Å². The molecule has 0 saturated heterocycles. The Morgan fingerprint density at radius 3 is 2.37 bits per heavy atom. The monoisotopic (exact) mass is 480 g/mol. The van der Waals surface area contributed by atoms with Gasteiger partial charge in [-0.05, 0) is 75.9 Å². The number of anilines is 2. The lowest BCUT2D eigenvalue weighted by Gasteiger charge is -2.16. The van der Waals surface area contributed by atoms with Crippen LogP contribution in [0, 0.1) is 0 Å². The van der Waals surface area contributed by atoms with Gasteiger partial charge >= 0.3 is 0 Å². The quantitative estimate of drug-likeness (QED) is 0.384. The summed E-state index contributed by atoms with van der Waals surface area (Å²) in [7, 11) is 0. The predicted molar refractivity (Wildman–Crippen MR) is 145 cm³/mol. The summed E-state index contributed by atoms with van der Waals surface area (Å²) in [6.07, 6.45) is 4.59. The second kappa shape index (κ2) is 14.1. The number of hydrogen-bond donors (Lipinski definition) is 4. The third-order valence-electron chi connectivity index (χ3n) is 5.11. The zero-order valence-electron chi connectivity index (χ0n) is 22.2. The largest absolute Gasteiger partial charge is 0.383 e. The van der Waals surface area contributed by atoms with Crippen LogP contribution in [0.25, 0.3) is 11.1 Å². The fourth-order valence-corrected chi connectivity index (χ4v) is 3.45. The topological polar surface area (TPSA) is 117 Å². The lowest BCUT2D eigenvalue weighted by Crippen LogP contribution is -2.30. The van der Waals surface area contributed by atoms with Crippen LogP contribution < -0.4 is 16.4 Å². The average molecular weight is 481 g/mol. The minimum Gasteiger partial charge on any atom is -0.383 e. The molecular formula is C28H40N4O3. The highest BCUT2D eigenvalue weighted by Gasteiger charge is 2.20. The van der Waals surface area contributed by atoms with Crippen LogP contribution in [0.15, 0.2) is 53.8 Å². The Kier molecular flexibility index (Phi) is 11.9. The van der Waals surface area contributed by atoms with E-state index in [1.54, 1.807) is 30.5 Å². The average Bonchev–Trinajstić information content (AvgIpc) is 2.83. The molecule has 5 N–H and O–H groups in total. The molecule has 0 aliphatic heterocycles. The van der Waals surface area contributed by atoms with Crippen molar-refractivity contribution in [3.63, 3.8) is 0 Å². The van der Waals surface area contributed by atoms with E-state index in [2.05, 4.69) is 15.6 Å². The van der Waals surface area contributed by atoms with Gasteiger partial charge in [0.15, 0.2) is 6.10 Å². The molecule has 1 aromatic carbocycles. The van der Waals surface area contributed by atoms with Crippen molar-refractivity contribution >= 4 is 23.3 Å². The fourth-order valence-electron chi connectivity index (χ4n) is 3.45. The summed E-state index contributed by atoms with van der Waals surface area (Å²) < 4.78 is 0. The molecule has 0 fully saturated rings. The molecule has 2 amide bonds. The van der Waals surface area contributed by atoms with Crippen LogP contribution in [0.4, 0.5) is 11.5 Å². The van der Waals surface area contributed by atoms with E-state index in [9.17, 15) is 14.7 Å². The van der Waals surface area contributed by atoms with Crippen molar-refractivity contribution in [3.8, 4) is 11.1 Å². The summed E-state index contributed by atoms with van der Waals surface area (Å²) in [5.74, 6) is -0.603. The van der Waals surface area contributed by atoms with Gasteiger partial charge in [-0.2, -0.15) is 0 Å². The Balaban J connectivity index is 0.00000298. The van der Waals surface area contributed by atoms with Gasteiger partial charge in [0.05, 0.1) is 5.56 Å². The third kappa shape index (κ3) is 8.07. The molecule has 1 aromatic heterocycles. The summed E-state index contributed by atoms with van der Waals surface area (Å²) >= 11 is 0. The number of amides is 2. The Morgan fingerprint density at radius 2 is 1.83 bits per heavy atom. The van der Waals surface area contributed by atoms with Crippen LogP contribution >= 0.6 is 0 Å². The minimum absolute atomic E-state index is 0.0234. The van der Waals surface area contributed by atoms with Crippen molar-refractivity contribution < 1.29 is 14.7 Å². The molecule has 0 spiro atoms. The van der Waals surface area contributed by atoms with Gasteiger partial charge in [0.2, 0.25) is 0 Å². The first-order chi connectivity index (χ1) is 16.6. The SMILES string of the molecule is C/C=C\C(=C(C)C)C(O)C(=O)Nc1ccc(-c2cnc(N)c(C(=O)NC(C)C)c2)c(CC)c1.CC. The second-order valence-corrected chi connectivity index (χ2v) is 8.36. The summed E-state index contributed by atoms with van der Waals surface area (Å²) in [5.41, 5.74) is 10.9. The van der Waals surface area contributed by atoms with E-state index in [1.165, 1.54) is 0 Å². The molecule has 0 bridgehead atoms. The summed E-state index contributed by atoms with van der Waals surface area (Å²) in [6, 6.07) is 7.20. The molecule has 7 heteroatoms. The Morgan fingerprint density at radius 1 is 1.17 bits per heavy atom. The van der Waals surface area contributed by atoms with Crippen molar-refractivity contribution in [1.82, 2.24) is 10.3 Å². The molecule has 1 atom stereocenters. The van der Waals surface area contributed by atoms with Crippen molar-refractivity contribution in [2.45, 2.75) is 74.0 Å². The number of aromatic nitrogens is 1. The second-order valence-electron chi connectivity index (χ2n) is 8.36. The first kappa shape index (κ1) is 29.6. The first-order valence-corrected chi connectivity index (χ1v) is 12.1. The number of benzene rings is 1. The van der Waals surface area contributed by atoms with Crippen molar-refractivity contribution in [1.29, 1.82) is 0 Å². The fraction of sp³-hybridized carbons (Fsp3) is 0.393. The van der Waals surface area contributed by atoms with Gasteiger partial charge in [-0.1, -0.05) is 44.6 Å². The molecule has 190 valence electrons. The number of aliphatic hydroxyl groups is 1. The van der Waals surface area contributed by atoms with Crippen LogP contribution in [0.1, 0.15) is 71.3 Å². The number of carbonyl (C=O) groups excluding carboxylic acids is 2. The van der Waals surface area contributed by atoms with E-state index in [0.29, 0.717) is 23.2 Å². The summed E-state index contributed by atoms with van der Waals surface area (Å²) in [5, 5.41) is 16.1. The standard InChI is InChI=1S/C26H34N4O3.C2H6/c1-7-9-20(15(3)4)23(31)26(33)30-19-10-11-21(17(8-2)12-19)18-13-22(24(27)28-14-18)25(32)29-16(5)6;1-2/h7,9-14,16,23,31H,8H2,1-6H3,(H2,27,28)(H,29,32)(H,30,33);1-2H3/b9-7-;. The zero-order chi connectivity index (χ0) is 26.7. The molecular weight excluding hydrogens is 440 g/mol. The number of carbonyl (C=O) groups is 2. The van der Waals surface area contributed by atoms with Gasteiger partial charge in [-0.25, -0.2) is 4.98 Å². The maximum Gasteiger partial charge on any atom is 0.257 e. The molecule has 2 aromatic rings. The highest BCUT2D eigenvalue weighted by atomic mass is 16.3. The molecule has 2 rings (SSSR count). The van der Waals surface area contributed by atoms with Crippen LogP contribution in [0.5, 0.6) is 0 Å². The first-order valence-electron chi connectivity index (χ1n) is 12.1. The minimum atomic E-state index is -1.26. The van der Waals surface area contributed by atoms with Gasteiger partial charge < -0.3 is 21.5 Å². The van der Waals surface area contributed by atoms with E-state index in [1.807, 2.05) is 67.5 Å². The normalized spacial score (nSPS) is 11.5. The number of nitrogen functional groups attached to an aromatic ring is 1. The Labute approximate surface area is 209 Å². The number of aryl methyl sites for hydroxylation is 1. The lowest BCUT2D eigenvalue weighted by atomic mass is 9.97. The van der Waals surface area contributed by atoms with E-state index in [0.717, 1.165) is 22.3 Å². The van der Waals surface area contributed by atoms with Gasteiger partial charge in [0.1, 0.15) is 5.82 Å².